The maximum absolute atomic E-state index is 11.8. The summed E-state index contributed by atoms with van der Waals surface area (Å²) >= 11 is 0. The van der Waals surface area contributed by atoms with Crippen LogP contribution in [0.5, 0.6) is 0 Å². The average Bonchev–Trinajstić information content (AvgIpc) is 2.48. The molecule has 1 aliphatic rings. The molecule has 1 aromatic rings. The number of nitrogens with two attached hydrogens (primary N) is 1. The number of carbonyl (C=O) groups is 1. The maximum Gasteiger partial charge on any atom is 0.222 e. The van der Waals surface area contributed by atoms with Crippen molar-refractivity contribution in [3.05, 3.63) is 29.8 Å². The minimum atomic E-state index is 0.265. The Labute approximate surface area is 96.2 Å². The molecule has 0 radical (unpaired) electrons. The molecular weight excluding hydrogens is 200 g/mol. The van der Waals surface area contributed by atoms with Gasteiger partial charge in [0.1, 0.15) is 0 Å². The van der Waals surface area contributed by atoms with Crippen LogP contribution in [0, 0.1) is 0 Å². The van der Waals surface area contributed by atoms with Crippen molar-refractivity contribution in [2.75, 3.05) is 12.3 Å². The van der Waals surface area contributed by atoms with Gasteiger partial charge in [0.2, 0.25) is 5.91 Å². The van der Waals surface area contributed by atoms with Gasteiger partial charge in [0, 0.05) is 25.2 Å². The minimum Gasteiger partial charge on any atom is -0.398 e. The SMILES string of the molecule is Nc1ccccc1CN1CCCCCC1=O. The van der Waals surface area contributed by atoms with Gasteiger partial charge < -0.3 is 10.6 Å². The molecule has 86 valence electrons. The number of amides is 1. The van der Waals surface area contributed by atoms with Gasteiger partial charge in [0.15, 0.2) is 0 Å². The highest BCUT2D eigenvalue weighted by molar-refractivity contribution is 5.76. The quantitative estimate of drug-likeness (QED) is 0.773. The summed E-state index contributed by atoms with van der Waals surface area (Å²) in [7, 11) is 0. The van der Waals surface area contributed by atoms with Crippen molar-refractivity contribution >= 4 is 11.6 Å². The summed E-state index contributed by atoms with van der Waals surface area (Å²) in [4.78, 5) is 13.7. The van der Waals surface area contributed by atoms with Crippen LogP contribution in [0.3, 0.4) is 0 Å². The zero-order valence-corrected chi connectivity index (χ0v) is 9.48. The molecule has 0 aliphatic carbocycles. The highest BCUT2D eigenvalue weighted by atomic mass is 16.2. The van der Waals surface area contributed by atoms with Gasteiger partial charge in [0.25, 0.3) is 0 Å². The lowest BCUT2D eigenvalue weighted by molar-refractivity contribution is -0.131. The highest BCUT2D eigenvalue weighted by Gasteiger charge is 2.17. The van der Waals surface area contributed by atoms with E-state index in [-0.39, 0.29) is 5.91 Å². The predicted molar refractivity (Wildman–Crippen MR) is 64.7 cm³/mol. The van der Waals surface area contributed by atoms with Crippen molar-refractivity contribution < 1.29 is 4.79 Å². The standard InChI is InChI=1S/C13H18N2O/c14-12-7-4-3-6-11(12)10-15-9-5-1-2-8-13(15)16/h3-4,6-7H,1-2,5,8-10,14H2. The van der Waals surface area contributed by atoms with Crippen molar-refractivity contribution in [1.82, 2.24) is 4.90 Å². The van der Waals surface area contributed by atoms with Gasteiger partial charge in [-0.25, -0.2) is 0 Å². The molecule has 1 aliphatic heterocycles. The Kier molecular flexibility index (Phi) is 3.44. The van der Waals surface area contributed by atoms with E-state index in [9.17, 15) is 4.79 Å². The van der Waals surface area contributed by atoms with E-state index < -0.39 is 0 Å². The molecule has 0 unspecified atom stereocenters. The topological polar surface area (TPSA) is 46.3 Å². The Hall–Kier alpha value is -1.51. The van der Waals surface area contributed by atoms with Crippen LogP contribution in [0.2, 0.25) is 0 Å². The number of para-hydroxylation sites is 1. The van der Waals surface area contributed by atoms with Gasteiger partial charge in [0.05, 0.1) is 0 Å². The molecule has 2 N–H and O–H groups in total. The molecule has 2 rings (SSSR count). The molecule has 0 saturated carbocycles. The summed E-state index contributed by atoms with van der Waals surface area (Å²) in [6.45, 7) is 1.53. The van der Waals surface area contributed by atoms with Crippen LogP contribution in [0.1, 0.15) is 31.2 Å². The maximum atomic E-state index is 11.8. The number of nitrogen functional groups attached to an aromatic ring is 1. The lowest BCUT2D eigenvalue weighted by Crippen LogP contribution is -2.29. The van der Waals surface area contributed by atoms with E-state index in [1.54, 1.807) is 0 Å². The third-order valence-corrected chi connectivity index (χ3v) is 3.09. The van der Waals surface area contributed by atoms with Crippen LogP contribution in [0.15, 0.2) is 24.3 Å². The zero-order chi connectivity index (χ0) is 11.4. The number of hydrogen-bond donors (Lipinski definition) is 1. The normalized spacial score (nSPS) is 17.2. The molecule has 0 bridgehead atoms. The summed E-state index contributed by atoms with van der Waals surface area (Å²) in [5.74, 6) is 0.265. The molecule has 1 fully saturated rings. The van der Waals surface area contributed by atoms with Crippen LogP contribution in [0.4, 0.5) is 5.69 Å². The number of anilines is 1. The third-order valence-electron chi connectivity index (χ3n) is 3.09. The second-order valence-electron chi connectivity index (χ2n) is 4.32. The molecule has 1 saturated heterocycles. The molecule has 3 nitrogen and oxygen atoms in total. The second kappa shape index (κ2) is 5.01. The first-order valence-electron chi connectivity index (χ1n) is 5.88. The molecular formula is C13H18N2O. The number of carbonyl (C=O) groups excluding carboxylic acids is 1. The van der Waals surface area contributed by atoms with Crippen LogP contribution < -0.4 is 5.73 Å². The van der Waals surface area contributed by atoms with E-state index in [0.29, 0.717) is 13.0 Å². The molecule has 1 heterocycles. The van der Waals surface area contributed by atoms with Crippen molar-refractivity contribution in [3.63, 3.8) is 0 Å². The molecule has 16 heavy (non-hydrogen) atoms. The van der Waals surface area contributed by atoms with Gasteiger partial charge in [-0.15, -0.1) is 0 Å². The first-order chi connectivity index (χ1) is 7.77. The Bertz CT molecular complexity index is 376. The van der Waals surface area contributed by atoms with E-state index in [2.05, 4.69) is 0 Å². The average molecular weight is 218 g/mol. The minimum absolute atomic E-state index is 0.265. The van der Waals surface area contributed by atoms with Gasteiger partial charge in [-0.05, 0) is 24.5 Å². The molecule has 1 amide bonds. The predicted octanol–water partition coefficient (Wildman–Crippen LogP) is 2.17. The van der Waals surface area contributed by atoms with E-state index in [1.807, 2.05) is 29.2 Å². The molecule has 0 spiro atoms. The third kappa shape index (κ3) is 2.54. The Morgan fingerprint density at radius 1 is 1.19 bits per heavy atom. The Balaban J connectivity index is 2.08. The summed E-state index contributed by atoms with van der Waals surface area (Å²) < 4.78 is 0. The summed E-state index contributed by atoms with van der Waals surface area (Å²) in [6.07, 6.45) is 3.98. The Morgan fingerprint density at radius 3 is 2.81 bits per heavy atom. The van der Waals surface area contributed by atoms with Crippen LogP contribution in [-0.2, 0) is 11.3 Å². The van der Waals surface area contributed by atoms with Crippen molar-refractivity contribution in [2.45, 2.75) is 32.2 Å². The smallest absolute Gasteiger partial charge is 0.222 e. The number of benzene rings is 1. The fourth-order valence-corrected chi connectivity index (χ4v) is 2.09. The van der Waals surface area contributed by atoms with Gasteiger partial charge in [-0.1, -0.05) is 24.6 Å². The summed E-state index contributed by atoms with van der Waals surface area (Å²) in [5.41, 5.74) is 7.72. The van der Waals surface area contributed by atoms with Gasteiger partial charge >= 0.3 is 0 Å². The number of likely N-dealkylation sites (tertiary alicyclic amines) is 1. The first-order valence-corrected chi connectivity index (χ1v) is 5.88. The lowest BCUT2D eigenvalue weighted by atomic mass is 10.1. The fraction of sp³-hybridized carbons (Fsp3) is 0.462. The molecule has 0 atom stereocenters. The van der Waals surface area contributed by atoms with Crippen LogP contribution >= 0.6 is 0 Å². The lowest BCUT2D eigenvalue weighted by Gasteiger charge is -2.21. The first kappa shape index (κ1) is 11.0. The molecule has 0 aromatic heterocycles. The highest BCUT2D eigenvalue weighted by Crippen LogP contribution is 2.17. The van der Waals surface area contributed by atoms with Crippen LogP contribution in [0.25, 0.3) is 0 Å². The monoisotopic (exact) mass is 218 g/mol. The summed E-state index contributed by atoms with van der Waals surface area (Å²) in [6, 6.07) is 7.77. The van der Waals surface area contributed by atoms with E-state index in [0.717, 1.165) is 37.1 Å². The number of hydrogen-bond acceptors (Lipinski definition) is 2. The van der Waals surface area contributed by atoms with E-state index in [4.69, 9.17) is 5.73 Å². The molecule has 3 heteroatoms. The summed E-state index contributed by atoms with van der Waals surface area (Å²) in [5, 5.41) is 0. The van der Waals surface area contributed by atoms with Gasteiger partial charge in [-0.3, -0.25) is 4.79 Å². The zero-order valence-electron chi connectivity index (χ0n) is 9.48. The van der Waals surface area contributed by atoms with E-state index in [1.165, 1.54) is 0 Å². The van der Waals surface area contributed by atoms with Crippen LogP contribution in [-0.4, -0.2) is 17.4 Å². The van der Waals surface area contributed by atoms with E-state index >= 15 is 0 Å². The second-order valence-corrected chi connectivity index (χ2v) is 4.32. The number of nitrogens with zero attached hydrogens (tertiary/aromatic N) is 1. The Morgan fingerprint density at radius 2 is 2.00 bits per heavy atom. The van der Waals surface area contributed by atoms with Gasteiger partial charge in [-0.2, -0.15) is 0 Å². The fourth-order valence-electron chi connectivity index (χ4n) is 2.09. The van der Waals surface area contributed by atoms with Crippen molar-refractivity contribution in [2.24, 2.45) is 0 Å². The molecule has 1 aromatic carbocycles. The van der Waals surface area contributed by atoms with Crippen molar-refractivity contribution in [1.29, 1.82) is 0 Å². The van der Waals surface area contributed by atoms with Crippen molar-refractivity contribution in [3.8, 4) is 0 Å². The largest absolute Gasteiger partial charge is 0.398 e. The number of rotatable bonds is 2.